The van der Waals surface area contributed by atoms with Crippen molar-refractivity contribution in [1.29, 1.82) is 0 Å². The van der Waals surface area contributed by atoms with Crippen LogP contribution in [0.4, 0.5) is 0 Å². The quantitative estimate of drug-likeness (QED) is 0.615. The van der Waals surface area contributed by atoms with Gasteiger partial charge >= 0.3 is 0 Å². The lowest BCUT2D eigenvalue weighted by Crippen LogP contribution is -2.03. The molecule has 0 aliphatic heterocycles. The topological polar surface area (TPSA) is 0 Å². The van der Waals surface area contributed by atoms with Crippen molar-refractivity contribution in [3.05, 3.63) is 74.0 Å². The lowest BCUT2D eigenvalue weighted by Gasteiger charge is -2.00. The maximum Gasteiger partial charge on any atom is -0.00929 e. The van der Waals surface area contributed by atoms with E-state index in [9.17, 15) is 0 Å². The molecule has 110 valence electrons. The number of fused-ring (bicyclic) bond motifs is 4. The molecule has 0 atom stereocenters. The van der Waals surface area contributed by atoms with Crippen LogP contribution in [0.5, 0.6) is 0 Å². The molecule has 0 N–H and O–H groups in total. The molecule has 0 heterocycles. The highest BCUT2D eigenvalue weighted by molar-refractivity contribution is 5.79. The zero-order valence-corrected chi connectivity index (χ0v) is 13.2. The fourth-order valence-electron chi connectivity index (χ4n) is 3.68. The van der Waals surface area contributed by atoms with Gasteiger partial charge < -0.3 is 0 Å². The second kappa shape index (κ2) is 5.61. The van der Waals surface area contributed by atoms with Gasteiger partial charge in [-0.1, -0.05) is 74.7 Å². The van der Waals surface area contributed by atoms with Gasteiger partial charge in [-0.15, -0.1) is 0 Å². The van der Waals surface area contributed by atoms with Gasteiger partial charge in [-0.3, -0.25) is 0 Å². The van der Waals surface area contributed by atoms with Crippen molar-refractivity contribution in [2.45, 2.75) is 39.0 Å². The smallest absolute Gasteiger partial charge is 0.00929 e. The first-order chi connectivity index (χ1) is 10.9. The Hall–Kier alpha value is -2.08. The summed E-state index contributed by atoms with van der Waals surface area (Å²) >= 11 is 0. The van der Waals surface area contributed by atoms with Crippen molar-refractivity contribution < 1.29 is 0 Å². The summed E-state index contributed by atoms with van der Waals surface area (Å²) in [5.41, 5.74) is 4.35. The third-order valence-corrected chi connectivity index (χ3v) is 4.86. The van der Waals surface area contributed by atoms with Crippen LogP contribution in [0.2, 0.25) is 0 Å². The Bertz CT molecular complexity index is 958. The normalized spacial score (nSPS) is 13.8. The van der Waals surface area contributed by atoms with E-state index in [4.69, 9.17) is 0 Å². The van der Waals surface area contributed by atoms with E-state index in [1.165, 1.54) is 69.7 Å². The van der Waals surface area contributed by atoms with Gasteiger partial charge in [0.2, 0.25) is 0 Å². The van der Waals surface area contributed by atoms with Crippen LogP contribution in [0.15, 0.2) is 42.0 Å². The van der Waals surface area contributed by atoms with Gasteiger partial charge in [-0.2, -0.15) is 0 Å². The van der Waals surface area contributed by atoms with Crippen molar-refractivity contribution >= 4 is 18.2 Å². The highest BCUT2D eigenvalue weighted by Crippen LogP contribution is 2.23. The van der Waals surface area contributed by atoms with Gasteiger partial charge in [0, 0.05) is 0 Å². The van der Waals surface area contributed by atoms with Gasteiger partial charge in [0.15, 0.2) is 0 Å². The fraction of sp³-hybridized carbons (Fsp3) is 0.273. The molecule has 0 fully saturated rings. The number of benzene rings is 2. The SMILES string of the molecule is CCCCCCC1=Cc2c3c(ccc2=C1)=c1ccccc1=C3. The van der Waals surface area contributed by atoms with E-state index in [1.54, 1.807) is 0 Å². The highest BCUT2D eigenvalue weighted by Gasteiger charge is 2.12. The second-order valence-electron chi connectivity index (χ2n) is 6.44. The molecule has 22 heavy (non-hydrogen) atoms. The van der Waals surface area contributed by atoms with Crippen LogP contribution < -0.4 is 10.4 Å². The number of allylic oxidation sites excluding steroid dienone is 1. The van der Waals surface area contributed by atoms with Crippen molar-refractivity contribution in [2.75, 3.05) is 0 Å². The van der Waals surface area contributed by atoms with Crippen LogP contribution in [-0.4, -0.2) is 0 Å². The molecule has 0 unspecified atom stereocenters. The third-order valence-electron chi connectivity index (χ3n) is 4.86. The van der Waals surface area contributed by atoms with Gasteiger partial charge in [-0.05, 0) is 56.5 Å². The Morgan fingerprint density at radius 1 is 0.682 bits per heavy atom. The minimum absolute atomic E-state index is 1.22. The van der Waals surface area contributed by atoms with E-state index >= 15 is 0 Å². The molecule has 2 aliphatic carbocycles. The molecule has 0 amide bonds. The first kappa shape index (κ1) is 13.6. The lowest BCUT2D eigenvalue weighted by molar-refractivity contribution is 0.671. The molecule has 0 aromatic heterocycles. The number of rotatable bonds is 5. The summed E-state index contributed by atoms with van der Waals surface area (Å²) < 4.78 is 0. The molecule has 2 aromatic rings. The van der Waals surface area contributed by atoms with Crippen molar-refractivity contribution in [2.24, 2.45) is 0 Å². The van der Waals surface area contributed by atoms with E-state index in [0.29, 0.717) is 0 Å². The van der Waals surface area contributed by atoms with Crippen molar-refractivity contribution in [3.8, 4) is 0 Å². The third kappa shape index (κ3) is 2.23. The molecule has 0 nitrogen and oxygen atoms in total. The average Bonchev–Trinajstić information content (AvgIpc) is 3.12. The summed E-state index contributed by atoms with van der Waals surface area (Å²) in [5, 5.41) is 5.53. The van der Waals surface area contributed by atoms with E-state index < -0.39 is 0 Å². The Balaban J connectivity index is 1.72. The van der Waals surface area contributed by atoms with E-state index in [-0.39, 0.29) is 0 Å². The monoisotopic (exact) mass is 286 g/mol. The maximum absolute atomic E-state index is 2.42. The summed E-state index contributed by atoms with van der Waals surface area (Å²) in [6.07, 6.45) is 13.7. The van der Waals surface area contributed by atoms with Crippen LogP contribution in [-0.2, 0) is 0 Å². The molecule has 0 heteroatoms. The first-order valence-electron chi connectivity index (χ1n) is 8.53. The van der Waals surface area contributed by atoms with Gasteiger partial charge in [-0.25, -0.2) is 0 Å². The summed E-state index contributed by atoms with van der Waals surface area (Å²) in [6, 6.07) is 13.3. The highest BCUT2D eigenvalue weighted by atomic mass is 14.2. The molecular weight excluding hydrogens is 264 g/mol. The van der Waals surface area contributed by atoms with E-state index in [2.05, 4.69) is 61.5 Å². The average molecular weight is 286 g/mol. The Morgan fingerprint density at radius 3 is 2.50 bits per heavy atom. The molecule has 0 radical (unpaired) electrons. The largest absolute Gasteiger partial charge is 0.0654 e. The molecule has 2 aliphatic rings. The Kier molecular flexibility index (Phi) is 3.46. The molecule has 2 aromatic carbocycles. The number of hydrogen-bond acceptors (Lipinski definition) is 0. The Morgan fingerprint density at radius 2 is 1.59 bits per heavy atom. The molecule has 4 rings (SSSR count). The van der Waals surface area contributed by atoms with Crippen LogP contribution in [0.3, 0.4) is 0 Å². The van der Waals surface area contributed by atoms with Crippen LogP contribution >= 0.6 is 0 Å². The van der Waals surface area contributed by atoms with Gasteiger partial charge in [0.1, 0.15) is 0 Å². The van der Waals surface area contributed by atoms with Crippen LogP contribution in [0, 0.1) is 10.4 Å². The number of unbranched alkanes of at least 4 members (excludes halogenated alkanes) is 3. The second-order valence-corrected chi connectivity index (χ2v) is 6.44. The zero-order chi connectivity index (χ0) is 14.9. The molecular formula is C22H22. The summed E-state index contributed by atoms with van der Waals surface area (Å²) in [4.78, 5) is 0. The van der Waals surface area contributed by atoms with Crippen molar-refractivity contribution in [1.82, 2.24) is 0 Å². The van der Waals surface area contributed by atoms with Crippen molar-refractivity contribution in [3.63, 3.8) is 0 Å². The first-order valence-corrected chi connectivity index (χ1v) is 8.53. The van der Waals surface area contributed by atoms with E-state index in [1.807, 2.05) is 0 Å². The predicted molar refractivity (Wildman–Crippen MR) is 94.6 cm³/mol. The summed E-state index contributed by atoms with van der Waals surface area (Å²) in [6.45, 7) is 2.27. The number of hydrogen-bond donors (Lipinski definition) is 0. The lowest BCUT2D eigenvalue weighted by atomic mass is 10.0. The zero-order valence-electron chi connectivity index (χ0n) is 13.2. The molecule has 0 bridgehead atoms. The summed E-state index contributed by atoms with van der Waals surface area (Å²) in [5.74, 6) is 0. The molecule has 0 saturated carbocycles. The minimum Gasteiger partial charge on any atom is -0.0654 e. The summed E-state index contributed by atoms with van der Waals surface area (Å²) in [7, 11) is 0. The van der Waals surface area contributed by atoms with Gasteiger partial charge in [0.05, 0.1) is 0 Å². The van der Waals surface area contributed by atoms with E-state index in [0.717, 1.165) is 0 Å². The Labute approximate surface area is 131 Å². The van der Waals surface area contributed by atoms with Crippen LogP contribution in [0.25, 0.3) is 18.2 Å². The fourth-order valence-corrected chi connectivity index (χ4v) is 3.68. The maximum atomic E-state index is 2.42. The van der Waals surface area contributed by atoms with Gasteiger partial charge in [0.25, 0.3) is 0 Å². The predicted octanol–water partition coefficient (Wildman–Crippen LogP) is 4.26. The minimum atomic E-state index is 1.22. The standard InChI is InChI=1S/C22H22/c1-2-3-4-5-8-16-13-18-11-12-20-19-10-7-6-9-17(19)15-22(20)21(18)14-16/h6-7,9-15H,2-5,8H2,1H3. The molecule has 0 saturated heterocycles. The van der Waals surface area contributed by atoms with Crippen LogP contribution in [0.1, 0.15) is 50.2 Å². The molecule has 0 spiro atoms.